The van der Waals surface area contributed by atoms with Crippen LogP contribution in [0.15, 0.2) is 48.5 Å². The van der Waals surface area contributed by atoms with Crippen LogP contribution in [-0.2, 0) is 32.2 Å². The van der Waals surface area contributed by atoms with E-state index >= 15 is 0 Å². The first kappa shape index (κ1) is 35.3. The number of carbonyl (C=O) groups excluding carboxylic acids is 2. The van der Waals surface area contributed by atoms with Crippen molar-refractivity contribution >= 4 is 17.6 Å². The fourth-order valence-electron chi connectivity index (χ4n) is 4.91. The van der Waals surface area contributed by atoms with E-state index in [2.05, 4.69) is 25.9 Å². The van der Waals surface area contributed by atoms with Crippen molar-refractivity contribution in [2.45, 2.75) is 70.1 Å². The maximum Gasteiger partial charge on any atom is 1.00 e. The van der Waals surface area contributed by atoms with E-state index in [9.17, 15) is 30.0 Å². The number of methoxy groups -OCH3 is 1. The number of aryl methyl sites for hydroxylation is 1. The Labute approximate surface area is 276 Å². The van der Waals surface area contributed by atoms with Gasteiger partial charge in [-0.1, -0.05) is 42.0 Å². The summed E-state index contributed by atoms with van der Waals surface area (Å²) in [5.41, 5.74) is 2.34. The number of hydrogen-bond donors (Lipinski definition) is 4. The molecular weight excluding hydrogens is 585 g/mol. The first-order valence-corrected chi connectivity index (χ1v) is 14.0. The van der Waals surface area contributed by atoms with E-state index in [1.165, 1.54) is 10.8 Å². The van der Waals surface area contributed by atoms with Gasteiger partial charge in [-0.25, -0.2) is 4.68 Å². The number of allylic oxidation sites excluding steroid dienone is 1. The topological polar surface area (TPSA) is 210 Å². The number of aromatic nitrogens is 6. The first-order chi connectivity index (χ1) is 20.7. The molecule has 3 heterocycles. The molecule has 44 heavy (non-hydrogen) atoms. The first-order valence-electron chi connectivity index (χ1n) is 14.0. The number of hydrogen-bond acceptors (Lipinski definition) is 12. The minimum absolute atomic E-state index is 0. The van der Waals surface area contributed by atoms with E-state index in [4.69, 9.17) is 9.47 Å². The van der Waals surface area contributed by atoms with Crippen molar-refractivity contribution in [3.05, 3.63) is 54.2 Å². The Balaban J connectivity index is 0.00000529. The number of ether oxygens (including phenoxy) is 2. The number of benzene rings is 1. The van der Waals surface area contributed by atoms with Crippen molar-refractivity contribution in [2.75, 3.05) is 19.0 Å². The van der Waals surface area contributed by atoms with Crippen LogP contribution in [0.2, 0.25) is 0 Å². The van der Waals surface area contributed by atoms with Crippen molar-refractivity contribution in [3.63, 3.8) is 0 Å². The summed E-state index contributed by atoms with van der Waals surface area (Å²) >= 11 is 0. The molecule has 16 heteroatoms. The van der Waals surface area contributed by atoms with Crippen LogP contribution in [0.25, 0.3) is 11.3 Å². The summed E-state index contributed by atoms with van der Waals surface area (Å²) in [6.07, 6.45) is 3.14. The summed E-state index contributed by atoms with van der Waals surface area (Å²) in [7, 11) is 1.60. The molecular formula is C28H36N7NaO8. The van der Waals surface area contributed by atoms with Crippen molar-refractivity contribution in [1.29, 1.82) is 0 Å². The Hall–Kier alpha value is -3.18. The number of anilines is 1. The number of unbranched alkanes of at least 4 members (excludes halogenated alkanes) is 2. The average Bonchev–Trinajstić information content (AvgIpc) is 3.67. The van der Waals surface area contributed by atoms with Gasteiger partial charge in [-0.05, 0) is 25.0 Å². The van der Waals surface area contributed by atoms with Gasteiger partial charge in [0.05, 0.1) is 37.3 Å². The molecule has 1 aromatic carbocycles. The number of nitrogens with one attached hydrogen (secondary N) is 1. The molecule has 4 rings (SSSR count). The van der Waals surface area contributed by atoms with E-state index in [1.54, 1.807) is 49.2 Å². The van der Waals surface area contributed by atoms with Gasteiger partial charge in [0.25, 0.3) is 0 Å². The average molecular weight is 622 g/mol. The zero-order chi connectivity index (χ0) is 30.9. The normalized spacial score (nSPS) is 19.3. The number of aliphatic hydroxyl groups excluding tert-OH is 3. The molecule has 4 N–H and O–H groups in total. The molecule has 0 unspecified atom stereocenters. The number of aliphatic carboxylic acids is 1. The molecule has 1 amide bonds. The molecule has 1 aliphatic rings. The number of carboxylic acids is 1. The fourth-order valence-corrected chi connectivity index (χ4v) is 4.91. The second-order valence-electron chi connectivity index (χ2n) is 10.4. The summed E-state index contributed by atoms with van der Waals surface area (Å²) in [4.78, 5) is 24.4. The minimum atomic E-state index is -1.60. The molecule has 0 bridgehead atoms. The van der Waals surface area contributed by atoms with Crippen LogP contribution in [0.4, 0.5) is 5.69 Å². The number of rotatable bonds is 15. The number of nitrogens with zero attached hydrogens (tertiary/aromatic N) is 6. The van der Waals surface area contributed by atoms with Gasteiger partial charge in [-0.3, -0.25) is 9.48 Å². The Morgan fingerprint density at radius 2 is 1.91 bits per heavy atom. The largest absolute Gasteiger partial charge is 1.00 e. The Morgan fingerprint density at radius 1 is 1.14 bits per heavy atom. The second-order valence-corrected chi connectivity index (χ2v) is 10.4. The zero-order valence-electron chi connectivity index (χ0n) is 24.9. The third kappa shape index (κ3) is 8.94. The van der Waals surface area contributed by atoms with Gasteiger partial charge < -0.3 is 40.0 Å². The van der Waals surface area contributed by atoms with E-state index in [0.29, 0.717) is 42.9 Å². The molecule has 1 aliphatic heterocycles. The van der Waals surface area contributed by atoms with Crippen LogP contribution in [0, 0.1) is 5.92 Å². The smallest absolute Gasteiger partial charge is 0.542 e. The Bertz CT molecular complexity index is 1410. The molecule has 2 aromatic heterocycles. The van der Waals surface area contributed by atoms with Gasteiger partial charge in [0, 0.05) is 31.6 Å². The van der Waals surface area contributed by atoms with Gasteiger partial charge in [0.2, 0.25) is 5.91 Å². The summed E-state index contributed by atoms with van der Waals surface area (Å²) in [5.74, 6) is -2.86. The summed E-state index contributed by atoms with van der Waals surface area (Å²) in [5, 5.41) is 60.7. The van der Waals surface area contributed by atoms with Crippen molar-refractivity contribution < 1.29 is 69.0 Å². The monoisotopic (exact) mass is 621 g/mol. The number of aliphatic hydroxyl groups is 3. The summed E-state index contributed by atoms with van der Waals surface area (Å²) in [6, 6.07) is 6.37. The molecule has 232 valence electrons. The molecule has 15 nitrogen and oxygen atoms in total. The molecule has 0 saturated carbocycles. The van der Waals surface area contributed by atoms with E-state index in [-0.39, 0.29) is 35.5 Å². The summed E-state index contributed by atoms with van der Waals surface area (Å²) in [6.45, 7) is 2.06. The molecule has 5 atom stereocenters. The Morgan fingerprint density at radius 3 is 2.64 bits per heavy atom. The van der Waals surface area contributed by atoms with Crippen LogP contribution < -0.4 is 40.0 Å². The predicted molar refractivity (Wildman–Crippen MR) is 149 cm³/mol. The van der Waals surface area contributed by atoms with Crippen LogP contribution in [0.3, 0.4) is 0 Å². The van der Waals surface area contributed by atoms with Crippen LogP contribution in [0.1, 0.15) is 44.3 Å². The van der Waals surface area contributed by atoms with E-state index in [1.807, 2.05) is 6.20 Å². The van der Waals surface area contributed by atoms with Gasteiger partial charge in [-0.15, -0.1) is 10.2 Å². The van der Waals surface area contributed by atoms with E-state index < -0.39 is 48.6 Å². The predicted octanol–water partition coefficient (Wildman–Crippen LogP) is -3.19. The third-order valence-electron chi connectivity index (χ3n) is 7.22. The van der Waals surface area contributed by atoms with Gasteiger partial charge in [-0.2, -0.15) is 0 Å². The van der Waals surface area contributed by atoms with Gasteiger partial charge in [0.1, 0.15) is 41.4 Å². The molecule has 0 aliphatic carbocycles. The minimum Gasteiger partial charge on any atom is -0.542 e. The maximum atomic E-state index is 12.7. The fraction of sp³-hybridized carbons (Fsp3) is 0.500. The van der Waals surface area contributed by atoms with E-state index in [0.717, 1.165) is 18.5 Å². The van der Waals surface area contributed by atoms with Crippen molar-refractivity contribution in [2.24, 2.45) is 5.92 Å². The maximum absolute atomic E-state index is 12.7. The van der Waals surface area contributed by atoms with Crippen molar-refractivity contribution in [1.82, 2.24) is 30.0 Å². The summed E-state index contributed by atoms with van der Waals surface area (Å²) < 4.78 is 13.6. The van der Waals surface area contributed by atoms with Gasteiger partial charge >= 0.3 is 29.6 Å². The van der Waals surface area contributed by atoms with Crippen LogP contribution in [0.5, 0.6) is 0 Å². The third-order valence-corrected chi connectivity index (χ3v) is 7.22. The Kier molecular flexibility index (Phi) is 13.5. The zero-order valence-corrected chi connectivity index (χ0v) is 26.9. The SMILES string of the molecule is COCc1cn(CCCCCC(=O)Nc2ccccc2-c2cn([C@H]3C=C(C(=O)[O-])O[C@@H]([C@H](O)[C@H](O)CO)[C@@H]3C)nn2)nn1.[Na+]. The van der Waals surface area contributed by atoms with Crippen molar-refractivity contribution in [3.8, 4) is 11.3 Å². The number of carbonyl (C=O) groups is 2. The number of para-hydroxylation sites is 1. The standard InChI is InChI=1S/C28H37N7O8.Na/c1-17-22(12-24(28(40)41)43-27(17)26(39)23(37)15-36)35-14-21(31-33-35)19-8-5-6-9-20(19)29-25(38)10-4-3-7-11-34-13-18(16-42-2)30-32-34;/h5-6,8-9,12-14,17,22-23,26-27,36-37,39H,3-4,7,10-11,15-16H2,1-2H3,(H,29,38)(H,40,41);/q;+1/p-1/t17-,22+,23-,26-,27-;/m1./s1. The molecule has 0 radical (unpaired) electrons. The molecule has 0 fully saturated rings. The molecule has 0 spiro atoms. The molecule has 0 saturated heterocycles. The van der Waals surface area contributed by atoms with Crippen LogP contribution in [-0.4, -0.2) is 89.2 Å². The van der Waals surface area contributed by atoms with Gasteiger partial charge in [0.15, 0.2) is 0 Å². The second kappa shape index (κ2) is 16.8. The molecule has 3 aromatic rings. The number of carboxylic acid groups (broad SMARTS) is 1. The number of amides is 1. The van der Waals surface area contributed by atoms with Crippen LogP contribution >= 0.6 is 0 Å². The quantitative estimate of drug-likeness (QED) is 0.0978.